The number of rotatable bonds is 3. The van der Waals surface area contributed by atoms with Crippen LogP contribution < -0.4 is 5.73 Å². The molecule has 0 saturated heterocycles. The molecule has 1 aromatic carbocycles. The van der Waals surface area contributed by atoms with E-state index in [1.807, 2.05) is 0 Å². The Bertz CT molecular complexity index is 325. The number of aryl methyl sites for hydroxylation is 3. The van der Waals surface area contributed by atoms with Gasteiger partial charge in [0, 0.05) is 5.54 Å². The minimum absolute atomic E-state index is 0.151. The molecular formula is C14H23N. The maximum Gasteiger partial charge on any atom is 0.0409 e. The van der Waals surface area contributed by atoms with E-state index in [-0.39, 0.29) is 5.54 Å². The molecule has 1 heteroatoms. The summed E-state index contributed by atoms with van der Waals surface area (Å²) in [6.45, 7) is 10.8. The first-order valence-corrected chi connectivity index (χ1v) is 5.81. The van der Waals surface area contributed by atoms with E-state index in [1.165, 1.54) is 22.3 Å². The quantitative estimate of drug-likeness (QED) is 0.802. The van der Waals surface area contributed by atoms with E-state index in [1.54, 1.807) is 0 Å². The Morgan fingerprint density at radius 3 is 1.73 bits per heavy atom. The van der Waals surface area contributed by atoms with E-state index in [4.69, 9.17) is 5.73 Å². The molecule has 0 aliphatic carbocycles. The lowest BCUT2D eigenvalue weighted by Crippen LogP contribution is -2.36. The number of benzene rings is 1. The van der Waals surface area contributed by atoms with Crippen molar-refractivity contribution in [1.82, 2.24) is 0 Å². The smallest absolute Gasteiger partial charge is 0.0409 e. The molecule has 0 fully saturated rings. The summed E-state index contributed by atoms with van der Waals surface area (Å²) in [4.78, 5) is 0. The molecule has 2 N–H and O–H groups in total. The van der Waals surface area contributed by atoms with Crippen LogP contribution in [0.5, 0.6) is 0 Å². The fraction of sp³-hybridized carbons (Fsp3) is 0.571. The highest BCUT2D eigenvalue weighted by Crippen LogP contribution is 2.31. The molecule has 1 rings (SSSR count). The highest BCUT2D eigenvalue weighted by atomic mass is 14.7. The van der Waals surface area contributed by atoms with Crippen molar-refractivity contribution < 1.29 is 0 Å². The Morgan fingerprint density at radius 1 is 1.00 bits per heavy atom. The summed E-state index contributed by atoms with van der Waals surface area (Å²) in [6, 6.07) is 4.46. The van der Waals surface area contributed by atoms with Gasteiger partial charge in [-0.15, -0.1) is 0 Å². The van der Waals surface area contributed by atoms with Gasteiger partial charge in [0.25, 0.3) is 0 Å². The van der Waals surface area contributed by atoms with Crippen LogP contribution in [0.2, 0.25) is 0 Å². The average Bonchev–Trinajstić information content (AvgIpc) is 2.15. The van der Waals surface area contributed by atoms with Crippen molar-refractivity contribution >= 4 is 0 Å². The van der Waals surface area contributed by atoms with E-state index in [2.05, 4.69) is 46.8 Å². The van der Waals surface area contributed by atoms with Crippen LogP contribution in [0.3, 0.4) is 0 Å². The lowest BCUT2D eigenvalue weighted by molar-refractivity contribution is 0.408. The van der Waals surface area contributed by atoms with Gasteiger partial charge in [0.1, 0.15) is 0 Å². The third kappa shape index (κ3) is 2.23. The fourth-order valence-electron chi connectivity index (χ4n) is 2.57. The standard InChI is InChI=1S/C14H23N/c1-6-14(15,7-2)13-11(4)8-10(3)9-12(13)5/h8-9H,6-7,15H2,1-5H3. The Labute approximate surface area is 93.7 Å². The van der Waals surface area contributed by atoms with Crippen molar-refractivity contribution in [3.63, 3.8) is 0 Å². The second-order valence-corrected chi connectivity index (χ2v) is 4.64. The minimum Gasteiger partial charge on any atom is -0.321 e. The van der Waals surface area contributed by atoms with Gasteiger partial charge < -0.3 is 5.73 Å². The van der Waals surface area contributed by atoms with E-state index in [0.717, 1.165) is 12.8 Å². The second kappa shape index (κ2) is 4.36. The summed E-state index contributed by atoms with van der Waals surface area (Å²) in [6.07, 6.45) is 1.99. The van der Waals surface area contributed by atoms with Gasteiger partial charge in [-0.25, -0.2) is 0 Å². The first-order chi connectivity index (χ1) is 6.94. The van der Waals surface area contributed by atoms with E-state index in [0.29, 0.717) is 0 Å². The monoisotopic (exact) mass is 205 g/mol. The van der Waals surface area contributed by atoms with Crippen molar-refractivity contribution in [2.24, 2.45) is 5.73 Å². The Balaban J connectivity index is 3.36. The zero-order chi connectivity index (χ0) is 11.6. The molecule has 0 heterocycles. The summed E-state index contributed by atoms with van der Waals surface area (Å²) in [5.41, 5.74) is 11.7. The zero-order valence-electron chi connectivity index (χ0n) is 10.6. The van der Waals surface area contributed by atoms with Crippen molar-refractivity contribution in [3.05, 3.63) is 34.4 Å². The first-order valence-electron chi connectivity index (χ1n) is 5.81. The molecule has 0 saturated carbocycles. The molecule has 0 aliphatic rings. The molecular weight excluding hydrogens is 182 g/mol. The predicted octanol–water partition coefficient (Wildman–Crippen LogP) is 3.59. The highest BCUT2D eigenvalue weighted by Gasteiger charge is 2.26. The molecule has 0 spiro atoms. The molecule has 0 unspecified atom stereocenters. The Kier molecular flexibility index (Phi) is 3.56. The molecule has 1 nitrogen and oxygen atoms in total. The van der Waals surface area contributed by atoms with E-state index < -0.39 is 0 Å². The van der Waals surface area contributed by atoms with Crippen LogP contribution in [0, 0.1) is 20.8 Å². The van der Waals surface area contributed by atoms with Gasteiger partial charge in [-0.3, -0.25) is 0 Å². The molecule has 0 aliphatic heterocycles. The fourth-order valence-corrected chi connectivity index (χ4v) is 2.57. The van der Waals surface area contributed by atoms with Crippen LogP contribution in [-0.2, 0) is 5.54 Å². The van der Waals surface area contributed by atoms with Gasteiger partial charge in [0.15, 0.2) is 0 Å². The van der Waals surface area contributed by atoms with Crippen molar-refractivity contribution in [3.8, 4) is 0 Å². The predicted molar refractivity (Wildman–Crippen MR) is 67.1 cm³/mol. The van der Waals surface area contributed by atoms with Crippen LogP contribution in [0.4, 0.5) is 0 Å². The van der Waals surface area contributed by atoms with Crippen molar-refractivity contribution in [2.75, 3.05) is 0 Å². The van der Waals surface area contributed by atoms with Gasteiger partial charge in [-0.1, -0.05) is 31.5 Å². The summed E-state index contributed by atoms with van der Waals surface area (Å²) in [7, 11) is 0. The SMILES string of the molecule is CCC(N)(CC)c1c(C)cc(C)cc1C. The molecule has 84 valence electrons. The molecule has 0 aromatic heterocycles. The largest absolute Gasteiger partial charge is 0.321 e. The Morgan fingerprint density at radius 2 is 1.40 bits per heavy atom. The van der Waals surface area contributed by atoms with Crippen LogP contribution in [0.1, 0.15) is 48.9 Å². The Hall–Kier alpha value is -0.820. The van der Waals surface area contributed by atoms with Gasteiger partial charge in [-0.05, 0) is 50.3 Å². The lowest BCUT2D eigenvalue weighted by Gasteiger charge is -2.31. The summed E-state index contributed by atoms with van der Waals surface area (Å²) in [5, 5.41) is 0. The number of nitrogens with two attached hydrogens (primary N) is 1. The lowest BCUT2D eigenvalue weighted by atomic mass is 9.80. The minimum atomic E-state index is -0.151. The van der Waals surface area contributed by atoms with Crippen molar-refractivity contribution in [2.45, 2.75) is 53.0 Å². The first kappa shape index (κ1) is 12.3. The summed E-state index contributed by atoms with van der Waals surface area (Å²) in [5.74, 6) is 0. The van der Waals surface area contributed by atoms with E-state index in [9.17, 15) is 0 Å². The van der Waals surface area contributed by atoms with E-state index >= 15 is 0 Å². The van der Waals surface area contributed by atoms with Gasteiger partial charge >= 0.3 is 0 Å². The molecule has 15 heavy (non-hydrogen) atoms. The average molecular weight is 205 g/mol. The molecule has 0 bridgehead atoms. The van der Waals surface area contributed by atoms with Gasteiger partial charge in [0.05, 0.1) is 0 Å². The molecule has 1 aromatic rings. The van der Waals surface area contributed by atoms with Crippen LogP contribution >= 0.6 is 0 Å². The highest BCUT2D eigenvalue weighted by molar-refractivity contribution is 5.42. The molecule has 0 radical (unpaired) electrons. The summed E-state index contributed by atoms with van der Waals surface area (Å²) < 4.78 is 0. The zero-order valence-corrected chi connectivity index (χ0v) is 10.6. The van der Waals surface area contributed by atoms with Crippen molar-refractivity contribution in [1.29, 1.82) is 0 Å². The third-order valence-corrected chi connectivity index (χ3v) is 3.44. The van der Waals surface area contributed by atoms with Crippen LogP contribution in [0.15, 0.2) is 12.1 Å². The van der Waals surface area contributed by atoms with Gasteiger partial charge in [0.2, 0.25) is 0 Å². The topological polar surface area (TPSA) is 26.0 Å². The number of hydrogen-bond donors (Lipinski definition) is 1. The maximum absolute atomic E-state index is 6.47. The molecule has 0 amide bonds. The van der Waals surface area contributed by atoms with Gasteiger partial charge in [-0.2, -0.15) is 0 Å². The normalized spacial score (nSPS) is 11.9. The van der Waals surface area contributed by atoms with Crippen LogP contribution in [-0.4, -0.2) is 0 Å². The number of hydrogen-bond acceptors (Lipinski definition) is 1. The second-order valence-electron chi connectivity index (χ2n) is 4.64. The summed E-state index contributed by atoms with van der Waals surface area (Å²) >= 11 is 0. The van der Waals surface area contributed by atoms with Crippen LogP contribution in [0.25, 0.3) is 0 Å². The maximum atomic E-state index is 6.47. The third-order valence-electron chi connectivity index (χ3n) is 3.44. The molecule has 0 atom stereocenters.